The van der Waals surface area contributed by atoms with Crippen LogP contribution in [0.5, 0.6) is 5.75 Å². The Kier molecular flexibility index (Phi) is 4.81. The quantitative estimate of drug-likeness (QED) is 0.648. The van der Waals surface area contributed by atoms with Crippen molar-refractivity contribution >= 4 is 28.1 Å². The lowest BCUT2D eigenvalue weighted by atomic mass is 10.1. The summed E-state index contributed by atoms with van der Waals surface area (Å²) in [6.45, 7) is 2.01. The third-order valence-corrected chi connectivity index (χ3v) is 5.30. The van der Waals surface area contributed by atoms with E-state index in [-0.39, 0.29) is 5.91 Å². The summed E-state index contributed by atoms with van der Waals surface area (Å²) in [4.78, 5) is 17.0. The highest BCUT2D eigenvalue weighted by atomic mass is 32.1. The maximum Gasteiger partial charge on any atom is 0.251 e. The molecule has 27 heavy (non-hydrogen) atoms. The second kappa shape index (κ2) is 7.40. The first kappa shape index (κ1) is 17.5. The predicted octanol–water partition coefficient (Wildman–Crippen LogP) is 4.76. The number of ether oxygens (including phenoxy) is 1. The van der Waals surface area contributed by atoms with Crippen molar-refractivity contribution in [2.75, 3.05) is 12.4 Å². The molecule has 0 unspecified atom stereocenters. The highest BCUT2D eigenvalue weighted by molar-refractivity contribution is 7.14. The van der Waals surface area contributed by atoms with Crippen molar-refractivity contribution in [3.8, 4) is 17.0 Å². The summed E-state index contributed by atoms with van der Waals surface area (Å²) in [6, 6.07) is 13.9. The Morgan fingerprint density at radius 3 is 2.81 bits per heavy atom. The first-order chi connectivity index (χ1) is 13.1. The Balaban J connectivity index is 1.55. The number of anilines is 2. The first-order valence-electron chi connectivity index (χ1n) is 8.91. The molecule has 1 fully saturated rings. The average molecular weight is 379 g/mol. The maximum atomic E-state index is 12.3. The number of para-hydroxylation sites is 1. The molecule has 0 atom stereocenters. The van der Waals surface area contributed by atoms with Gasteiger partial charge in [-0.2, -0.15) is 0 Å². The molecule has 1 saturated carbocycles. The van der Waals surface area contributed by atoms with Gasteiger partial charge in [0.05, 0.1) is 12.8 Å². The number of benzene rings is 2. The first-order valence-corrected chi connectivity index (χ1v) is 9.79. The number of carbonyl (C=O) groups excluding carboxylic acids is 1. The Morgan fingerprint density at radius 1 is 1.22 bits per heavy atom. The number of nitrogens with one attached hydrogen (secondary N) is 2. The molecule has 1 aromatic heterocycles. The summed E-state index contributed by atoms with van der Waals surface area (Å²) in [5.41, 5.74) is 4.43. The lowest BCUT2D eigenvalue weighted by Gasteiger charge is -2.10. The SMILES string of the molecule is COc1ccccc1-c1csc(Nc2cc(C(=O)NC3CC3)ccc2C)n1. The van der Waals surface area contributed by atoms with Gasteiger partial charge in [-0.25, -0.2) is 4.98 Å². The lowest BCUT2D eigenvalue weighted by Crippen LogP contribution is -2.25. The zero-order valence-corrected chi connectivity index (χ0v) is 16.1. The van der Waals surface area contributed by atoms with Crippen LogP contribution in [-0.4, -0.2) is 24.0 Å². The van der Waals surface area contributed by atoms with E-state index in [2.05, 4.69) is 15.6 Å². The molecule has 6 heteroatoms. The minimum Gasteiger partial charge on any atom is -0.496 e. The molecule has 138 valence electrons. The summed E-state index contributed by atoms with van der Waals surface area (Å²) >= 11 is 1.52. The Bertz CT molecular complexity index is 979. The molecular formula is C21H21N3O2S. The molecule has 0 spiro atoms. The zero-order valence-electron chi connectivity index (χ0n) is 15.3. The van der Waals surface area contributed by atoms with Crippen LogP contribution >= 0.6 is 11.3 Å². The predicted molar refractivity (Wildman–Crippen MR) is 109 cm³/mol. The number of carbonyl (C=O) groups is 1. The Morgan fingerprint density at radius 2 is 2.04 bits per heavy atom. The zero-order chi connectivity index (χ0) is 18.8. The average Bonchev–Trinajstić information content (AvgIpc) is 3.38. The van der Waals surface area contributed by atoms with E-state index in [0.717, 1.165) is 46.2 Å². The molecule has 1 amide bonds. The number of aromatic nitrogens is 1. The van der Waals surface area contributed by atoms with Gasteiger partial charge in [0.2, 0.25) is 0 Å². The van der Waals surface area contributed by atoms with Gasteiger partial charge in [-0.3, -0.25) is 4.79 Å². The van der Waals surface area contributed by atoms with Crippen LogP contribution in [0.4, 0.5) is 10.8 Å². The normalized spacial score (nSPS) is 13.3. The molecule has 2 aromatic carbocycles. The number of methoxy groups -OCH3 is 1. The molecule has 4 rings (SSSR count). The highest BCUT2D eigenvalue weighted by Crippen LogP contribution is 2.33. The summed E-state index contributed by atoms with van der Waals surface area (Å²) in [5, 5.41) is 9.15. The van der Waals surface area contributed by atoms with Crippen molar-refractivity contribution in [1.82, 2.24) is 10.3 Å². The monoisotopic (exact) mass is 379 g/mol. The third kappa shape index (κ3) is 3.95. The third-order valence-electron chi connectivity index (χ3n) is 4.54. The van der Waals surface area contributed by atoms with E-state index in [9.17, 15) is 4.79 Å². The van der Waals surface area contributed by atoms with Gasteiger partial charge in [0.15, 0.2) is 5.13 Å². The molecule has 1 aliphatic rings. The fourth-order valence-corrected chi connectivity index (χ4v) is 3.54. The van der Waals surface area contributed by atoms with Crippen molar-refractivity contribution in [2.45, 2.75) is 25.8 Å². The van der Waals surface area contributed by atoms with Gasteiger partial charge in [-0.1, -0.05) is 18.2 Å². The largest absolute Gasteiger partial charge is 0.496 e. The minimum absolute atomic E-state index is 0.0191. The molecule has 1 heterocycles. The van der Waals surface area contributed by atoms with Crippen LogP contribution in [0.25, 0.3) is 11.3 Å². The molecule has 3 aromatic rings. The molecule has 0 bridgehead atoms. The van der Waals surface area contributed by atoms with Gasteiger partial charge in [0.25, 0.3) is 5.91 Å². The van der Waals surface area contributed by atoms with Gasteiger partial charge in [0, 0.05) is 28.2 Å². The Labute approximate surface area is 162 Å². The molecule has 2 N–H and O–H groups in total. The molecular weight excluding hydrogens is 358 g/mol. The van der Waals surface area contributed by atoms with Crippen LogP contribution in [-0.2, 0) is 0 Å². The van der Waals surface area contributed by atoms with Crippen LogP contribution < -0.4 is 15.4 Å². The topological polar surface area (TPSA) is 63.2 Å². The van der Waals surface area contributed by atoms with Crippen LogP contribution in [0.1, 0.15) is 28.8 Å². The van der Waals surface area contributed by atoms with E-state index in [1.165, 1.54) is 11.3 Å². The number of rotatable bonds is 6. The minimum atomic E-state index is -0.0191. The molecule has 0 saturated heterocycles. The fourth-order valence-electron chi connectivity index (χ4n) is 2.82. The van der Waals surface area contributed by atoms with Crippen molar-refractivity contribution in [1.29, 1.82) is 0 Å². The number of nitrogens with zero attached hydrogens (tertiary/aromatic N) is 1. The molecule has 0 aliphatic heterocycles. The number of thiazole rings is 1. The van der Waals surface area contributed by atoms with E-state index in [1.807, 2.05) is 54.8 Å². The summed E-state index contributed by atoms with van der Waals surface area (Å²) in [7, 11) is 1.66. The van der Waals surface area contributed by atoms with E-state index < -0.39 is 0 Å². The van der Waals surface area contributed by atoms with Crippen LogP contribution in [0.3, 0.4) is 0 Å². The molecule has 5 nitrogen and oxygen atoms in total. The lowest BCUT2D eigenvalue weighted by molar-refractivity contribution is 0.0951. The van der Waals surface area contributed by atoms with Gasteiger partial charge in [0.1, 0.15) is 5.75 Å². The van der Waals surface area contributed by atoms with Crippen LogP contribution in [0, 0.1) is 6.92 Å². The highest BCUT2D eigenvalue weighted by Gasteiger charge is 2.24. The number of hydrogen-bond acceptors (Lipinski definition) is 5. The van der Waals surface area contributed by atoms with Gasteiger partial charge < -0.3 is 15.4 Å². The van der Waals surface area contributed by atoms with Crippen molar-refractivity contribution in [3.63, 3.8) is 0 Å². The Hall–Kier alpha value is -2.86. The van der Waals surface area contributed by atoms with E-state index in [0.29, 0.717) is 11.6 Å². The van der Waals surface area contributed by atoms with E-state index in [1.54, 1.807) is 7.11 Å². The summed E-state index contributed by atoms with van der Waals surface area (Å²) in [5.74, 6) is 0.777. The molecule has 1 aliphatic carbocycles. The number of aryl methyl sites for hydroxylation is 1. The maximum absolute atomic E-state index is 12.3. The van der Waals surface area contributed by atoms with Crippen LogP contribution in [0.2, 0.25) is 0 Å². The van der Waals surface area contributed by atoms with E-state index >= 15 is 0 Å². The standard InChI is InChI=1S/C21H21N3O2S/c1-13-7-8-14(20(25)22-15-9-10-15)11-17(13)23-21-24-18(12-27-21)16-5-3-4-6-19(16)26-2/h3-8,11-12,15H,9-10H2,1-2H3,(H,22,25)(H,23,24). The number of hydrogen-bond donors (Lipinski definition) is 2. The summed E-state index contributed by atoms with van der Waals surface area (Å²) < 4.78 is 5.42. The van der Waals surface area contributed by atoms with Gasteiger partial charge in [-0.05, 0) is 49.6 Å². The van der Waals surface area contributed by atoms with Crippen molar-refractivity contribution < 1.29 is 9.53 Å². The second-order valence-electron chi connectivity index (χ2n) is 6.64. The summed E-state index contributed by atoms with van der Waals surface area (Å²) in [6.07, 6.45) is 2.15. The molecule has 0 radical (unpaired) electrons. The van der Waals surface area contributed by atoms with E-state index in [4.69, 9.17) is 4.74 Å². The second-order valence-corrected chi connectivity index (χ2v) is 7.50. The van der Waals surface area contributed by atoms with Crippen molar-refractivity contribution in [2.24, 2.45) is 0 Å². The smallest absolute Gasteiger partial charge is 0.251 e. The van der Waals surface area contributed by atoms with Gasteiger partial charge >= 0.3 is 0 Å². The van der Waals surface area contributed by atoms with Crippen LogP contribution in [0.15, 0.2) is 47.8 Å². The number of amides is 1. The fraction of sp³-hybridized carbons (Fsp3) is 0.238. The van der Waals surface area contributed by atoms with Gasteiger partial charge in [-0.15, -0.1) is 11.3 Å². The van der Waals surface area contributed by atoms with Crippen molar-refractivity contribution in [3.05, 3.63) is 59.0 Å².